The van der Waals surface area contributed by atoms with E-state index in [1.54, 1.807) is 18.3 Å². The number of amides is 2. The summed E-state index contributed by atoms with van der Waals surface area (Å²) in [5.41, 5.74) is 2.07. The number of carbonyl (C=O) groups is 2. The van der Waals surface area contributed by atoms with Crippen LogP contribution in [0, 0.1) is 0 Å². The Morgan fingerprint density at radius 2 is 2.06 bits per heavy atom. The van der Waals surface area contributed by atoms with E-state index in [1.165, 1.54) is 16.6 Å². The number of hydrogen-bond donors (Lipinski definition) is 3. The summed E-state index contributed by atoms with van der Waals surface area (Å²) in [5, 5.41) is 6.26. The Balaban J connectivity index is 1.24. The van der Waals surface area contributed by atoms with Gasteiger partial charge in [-0.2, -0.15) is 0 Å². The number of thioether (sulfide) groups is 1. The van der Waals surface area contributed by atoms with Crippen molar-refractivity contribution in [2.75, 3.05) is 5.75 Å². The van der Waals surface area contributed by atoms with Crippen molar-refractivity contribution >= 4 is 45.1 Å². The van der Waals surface area contributed by atoms with Crippen LogP contribution in [0.5, 0.6) is 0 Å². The van der Waals surface area contributed by atoms with E-state index in [-0.39, 0.29) is 23.1 Å². The zero-order valence-corrected chi connectivity index (χ0v) is 18.8. The van der Waals surface area contributed by atoms with Gasteiger partial charge in [0, 0.05) is 11.4 Å². The van der Waals surface area contributed by atoms with Gasteiger partial charge in [0.1, 0.15) is 16.7 Å². The molecule has 3 aromatic rings. The first-order valence-electron chi connectivity index (χ1n) is 10.2. The summed E-state index contributed by atoms with van der Waals surface area (Å²) >= 11 is 2.96. The summed E-state index contributed by atoms with van der Waals surface area (Å²) in [6.45, 7) is 2.08. The largest absolute Gasteiger partial charge is 0.350 e. The molecule has 0 saturated heterocycles. The predicted molar refractivity (Wildman–Crippen MR) is 124 cm³/mol. The zero-order valence-electron chi connectivity index (χ0n) is 17.2. The van der Waals surface area contributed by atoms with Gasteiger partial charge in [-0.15, -0.1) is 23.1 Å². The Morgan fingerprint density at radius 1 is 1.26 bits per heavy atom. The maximum absolute atomic E-state index is 12.5. The van der Waals surface area contributed by atoms with Gasteiger partial charge in [-0.1, -0.05) is 30.3 Å². The lowest BCUT2D eigenvalue weighted by Gasteiger charge is -2.14. The van der Waals surface area contributed by atoms with Crippen LogP contribution in [0.4, 0.5) is 0 Å². The fourth-order valence-corrected chi connectivity index (χ4v) is 5.62. The molecule has 0 saturated carbocycles. The fourth-order valence-electron chi connectivity index (χ4n) is 3.64. The third-order valence-corrected chi connectivity index (χ3v) is 7.31. The van der Waals surface area contributed by atoms with E-state index in [1.807, 2.05) is 30.3 Å². The van der Waals surface area contributed by atoms with Crippen molar-refractivity contribution in [3.8, 4) is 0 Å². The van der Waals surface area contributed by atoms with E-state index in [9.17, 15) is 14.4 Å². The highest BCUT2D eigenvalue weighted by Gasteiger charge is 2.21. The molecular formula is C22H24N4O3S2. The van der Waals surface area contributed by atoms with E-state index in [4.69, 9.17) is 0 Å². The quantitative estimate of drug-likeness (QED) is 0.483. The summed E-state index contributed by atoms with van der Waals surface area (Å²) in [5.74, 6) is 0.716. The van der Waals surface area contributed by atoms with Crippen LogP contribution < -0.4 is 16.2 Å². The fraction of sp³-hybridized carbons (Fsp3) is 0.364. The molecule has 0 fully saturated rings. The van der Waals surface area contributed by atoms with Crippen LogP contribution in [-0.4, -0.2) is 33.6 Å². The Hall–Kier alpha value is -2.65. The van der Waals surface area contributed by atoms with Crippen molar-refractivity contribution < 1.29 is 9.59 Å². The molecule has 162 valence electrons. The lowest BCUT2D eigenvalue weighted by Crippen LogP contribution is -2.45. The zero-order chi connectivity index (χ0) is 21.8. The third-order valence-electron chi connectivity index (χ3n) is 5.18. The van der Waals surface area contributed by atoms with Crippen molar-refractivity contribution in [1.82, 2.24) is 20.6 Å². The van der Waals surface area contributed by atoms with Gasteiger partial charge in [0.2, 0.25) is 11.8 Å². The average Bonchev–Trinajstić information content (AvgIpc) is 3.33. The van der Waals surface area contributed by atoms with E-state index in [0.29, 0.717) is 18.1 Å². The smallest absolute Gasteiger partial charge is 0.259 e. The standard InChI is InChI=1S/C22H24N4O3S2/c1-13(20(28)23-10-14-6-3-2-4-7-14)24-18(27)12-30-11-17-25-21(29)19-15-8-5-9-16(15)31-22(19)26-17/h2-4,6-7,13H,5,8-12H2,1H3,(H,23,28)(H,24,27)(H,25,26,29). The molecule has 9 heteroatoms. The Kier molecular flexibility index (Phi) is 6.72. The van der Waals surface area contributed by atoms with Gasteiger partial charge in [-0.05, 0) is 37.3 Å². The molecular weight excluding hydrogens is 432 g/mol. The number of fused-ring (bicyclic) bond motifs is 3. The second-order valence-electron chi connectivity index (χ2n) is 7.54. The molecule has 2 aromatic heterocycles. The Bertz CT molecular complexity index is 1160. The molecule has 4 rings (SSSR count). The van der Waals surface area contributed by atoms with Crippen LogP contribution >= 0.6 is 23.1 Å². The van der Waals surface area contributed by atoms with E-state index >= 15 is 0 Å². The van der Waals surface area contributed by atoms with Crippen molar-refractivity contribution in [3.05, 3.63) is 62.5 Å². The molecule has 1 atom stereocenters. The van der Waals surface area contributed by atoms with Crippen molar-refractivity contribution in [3.63, 3.8) is 0 Å². The molecule has 1 aliphatic rings. The SMILES string of the molecule is CC(NC(=O)CSCc1nc2sc3c(c2c(=O)[nH]1)CCC3)C(=O)NCc1ccccc1. The van der Waals surface area contributed by atoms with Crippen LogP contribution in [0.2, 0.25) is 0 Å². The maximum atomic E-state index is 12.5. The number of nitrogens with one attached hydrogen (secondary N) is 3. The monoisotopic (exact) mass is 456 g/mol. The minimum Gasteiger partial charge on any atom is -0.350 e. The number of carbonyl (C=O) groups excluding carboxylic acids is 2. The van der Waals surface area contributed by atoms with Crippen LogP contribution in [0.3, 0.4) is 0 Å². The van der Waals surface area contributed by atoms with Crippen molar-refractivity contribution in [2.24, 2.45) is 0 Å². The molecule has 1 aliphatic carbocycles. The Morgan fingerprint density at radius 3 is 2.87 bits per heavy atom. The first-order chi connectivity index (χ1) is 15.0. The summed E-state index contributed by atoms with van der Waals surface area (Å²) in [6.07, 6.45) is 3.08. The normalized spacial score (nSPS) is 13.7. The van der Waals surface area contributed by atoms with E-state index in [0.717, 1.165) is 40.6 Å². The highest BCUT2D eigenvalue weighted by Crippen LogP contribution is 2.34. The van der Waals surface area contributed by atoms with Crippen molar-refractivity contribution in [2.45, 2.75) is 44.5 Å². The number of thiophene rings is 1. The number of aryl methyl sites for hydroxylation is 2. The number of nitrogens with zero attached hydrogens (tertiary/aromatic N) is 1. The van der Waals surface area contributed by atoms with E-state index in [2.05, 4.69) is 20.6 Å². The van der Waals surface area contributed by atoms with Gasteiger partial charge in [0.05, 0.1) is 16.9 Å². The molecule has 0 spiro atoms. The molecule has 31 heavy (non-hydrogen) atoms. The van der Waals surface area contributed by atoms with Crippen LogP contribution in [0.25, 0.3) is 10.2 Å². The number of rotatable bonds is 8. The number of H-pyrrole nitrogens is 1. The summed E-state index contributed by atoms with van der Waals surface area (Å²) < 4.78 is 0. The highest BCUT2D eigenvalue weighted by molar-refractivity contribution is 7.99. The van der Waals surface area contributed by atoms with Gasteiger partial charge < -0.3 is 15.6 Å². The lowest BCUT2D eigenvalue weighted by molar-refractivity contribution is -0.127. The van der Waals surface area contributed by atoms with Crippen LogP contribution in [-0.2, 0) is 34.7 Å². The van der Waals surface area contributed by atoms with Gasteiger partial charge in [-0.25, -0.2) is 4.98 Å². The maximum Gasteiger partial charge on any atom is 0.259 e. The number of aromatic nitrogens is 2. The van der Waals surface area contributed by atoms with Gasteiger partial charge in [0.25, 0.3) is 5.56 Å². The lowest BCUT2D eigenvalue weighted by atomic mass is 10.2. The van der Waals surface area contributed by atoms with Gasteiger partial charge in [-0.3, -0.25) is 14.4 Å². The molecule has 0 radical (unpaired) electrons. The average molecular weight is 457 g/mol. The van der Waals surface area contributed by atoms with Gasteiger partial charge >= 0.3 is 0 Å². The summed E-state index contributed by atoms with van der Waals surface area (Å²) in [4.78, 5) is 46.4. The summed E-state index contributed by atoms with van der Waals surface area (Å²) in [7, 11) is 0. The van der Waals surface area contributed by atoms with Gasteiger partial charge in [0.15, 0.2) is 0 Å². The Labute approximate surface area is 188 Å². The van der Waals surface area contributed by atoms with Crippen LogP contribution in [0.15, 0.2) is 35.1 Å². The minimum atomic E-state index is -0.625. The first kappa shape index (κ1) is 21.6. The van der Waals surface area contributed by atoms with E-state index < -0.39 is 6.04 Å². The molecule has 1 aromatic carbocycles. The number of benzene rings is 1. The topological polar surface area (TPSA) is 104 Å². The molecule has 7 nitrogen and oxygen atoms in total. The molecule has 0 aliphatic heterocycles. The molecule has 1 unspecified atom stereocenters. The molecule has 2 amide bonds. The first-order valence-corrected chi connectivity index (χ1v) is 12.2. The number of aromatic amines is 1. The molecule has 0 bridgehead atoms. The second kappa shape index (κ2) is 9.65. The second-order valence-corrected chi connectivity index (χ2v) is 9.60. The number of hydrogen-bond acceptors (Lipinski definition) is 6. The highest BCUT2D eigenvalue weighted by atomic mass is 32.2. The van der Waals surface area contributed by atoms with Crippen LogP contribution in [0.1, 0.15) is 35.2 Å². The van der Waals surface area contributed by atoms with Crippen molar-refractivity contribution in [1.29, 1.82) is 0 Å². The predicted octanol–water partition coefficient (Wildman–Crippen LogP) is 2.53. The minimum absolute atomic E-state index is 0.0897. The third kappa shape index (κ3) is 5.16. The summed E-state index contributed by atoms with van der Waals surface area (Å²) in [6, 6.07) is 8.98. The molecule has 2 heterocycles. The molecule has 3 N–H and O–H groups in total.